The van der Waals surface area contributed by atoms with E-state index in [-0.39, 0.29) is 5.92 Å². The van der Waals surface area contributed by atoms with Crippen LogP contribution in [0.4, 0.5) is 0 Å². The molecule has 2 fully saturated rings. The Balaban J connectivity index is 1.37. The maximum absolute atomic E-state index is 12.4. The van der Waals surface area contributed by atoms with Crippen molar-refractivity contribution in [2.75, 3.05) is 26.2 Å². The van der Waals surface area contributed by atoms with Crippen molar-refractivity contribution in [1.82, 2.24) is 9.80 Å². The van der Waals surface area contributed by atoms with Gasteiger partial charge >= 0.3 is 0 Å². The van der Waals surface area contributed by atoms with Crippen molar-refractivity contribution in [3.63, 3.8) is 0 Å². The van der Waals surface area contributed by atoms with Crippen molar-refractivity contribution in [3.05, 3.63) is 41.5 Å². The summed E-state index contributed by atoms with van der Waals surface area (Å²) in [5.74, 6) is 1.58. The van der Waals surface area contributed by atoms with Crippen LogP contribution in [0.1, 0.15) is 51.2 Å². The second-order valence-corrected chi connectivity index (χ2v) is 9.13. The van der Waals surface area contributed by atoms with Gasteiger partial charge in [0.1, 0.15) is 0 Å². The highest BCUT2D eigenvalue weighted by Crippen LogP contribution is 2.43. The van der Waals surface area contributed by atoms with Crippen molar-refractivity contribution >= 4 is 11.5 Å². The van der Waals surface area contributed by atoms with Gasteiger partial charge in [-0.15, -0.1) is 0 Å². The summed E-state index contributed by atoms with van der Waals surface area (Å²) in [7, 11) is 0. The average Bonchev–Trinajstić information content (AvgIpc) is 3.35. The van der Waals surface area contributed by atoms with Crippen LogP contribution in [-0.4, -0.2) is 47.9 Å². The van der Waals surface area contributed by atoms with Crippen LogP contribution in [0.5, 0.6) is 0 Å². The van der Waals surface area contributed by atoms with Crippen LogP contribution in [0.2, 0.25) is 0 Å². The maximum atomic E-state index is 12.4. The van der Waals surface area contributed by atoms with Gasteiger partial charge in [0.05, 0.1) is 0 Å². The van der Waals surface area contributed by atoms with Gasteiger partial charge in [0, 0.05) is 37.5 Å². The van der Waals surface area contributed by atoms with Crippen LogP contribution in [0.3, 0.4) is 0 Å². The Morgan fingerprint density at radius 1 is 1.19 bits per heavy atom. The molecule has 3 atom stereocenters. The van der Waals surface area contributed by atoms with Gasteiger partial charge in [-0.2, -0.15) is 0 Å². The van der Waals surface area contributed by atoms with E-state index in [0.717, 1.165) is 32.0 Å². The molecule has 1 amide bonds. The SMILES string of the molecule is CC(C)C(=O)N1C[C@H]2CC=C(c3ccc(CCN4CCCC4C)cc3)[C@H]2C1. The molecule has 0 aromatic heterocycles. The molecule has 3 aliphatic rings. The smallest absolute Gasteiger partial charge is 0.225 e. The first kappa shape index (κ1) is 18.7. The third kappa shape index (κ3) is 3.85. The van der Waals surface area contributed by atoms with E-state index in [1.165, 1.54) is 42.6 Å². The van der Waals surface area contributed by atoms with E-state index in [0.29, 0.717) is 17.7 Å². The molecule has 1 aliphatic carbocycles. The molecule has 2 heterocycles. The molecule has 1 unspecified atom stereocenters. The molecule has 27 heavy (non-hydrogen) atoms. The third-order valence-corrected chi connectivity index (χ3v) is 6.95. The number of benzene rings is 1. The van der Waals surface area contributed by atoms with E-state index >= 15 is 0 Å². The summed E-state index contributed by atoms with van der Waals surface area (Å²) in [6.45, 7) is 10.7. The van der Waals surface area contributed by atoms with E-state index in [1.807, 2.05) is 13.8 Å². The van der Waals surface area contributed by atoms with E-state index in [1.54, 1.807) is 0 Å². The Kier molecular flexibility index (Phi) is 5.41. The van der Waals surface area contributed by atoms with Gasteiger partial charge in [0.25, 0.3) is 0 Å². The highest BCUT2D eigenvalue weighted by molar-refractivity contribution is 5.80. The van der Waals surface area contributed by atoms with Gasteiger partial charge in [0.2, 0.25) is 5.91 Å². The fraction of sp³-hybridized carbons (Fsp3) is 0.625. The van der Waals surface area contributed by atoms with Gasteiger partial charge in [-0.25, -0.2) is 0 Å². The Morgan fingerprint density at radius 2 is 1.96 bits per heavy atom. The summed E-state index contributed by atoms with van der Waals surface area (Å²) in [5.41, 5.74) is 4.27. The van der Waals surface area contributed by atoms with Gasteiger partial charge in [-0.1, -0.05) is 44.2 Å². The molecule has 2 aliphatic heterocycles. The normalized spacial score (nSPS) is 28.1. The van der Waals surface area contributed by atoms with Gasteiger partial charge in [0.15, 0.2) is 0 Å². The minimum Gasteiger partial charge on any atom is -0.342 e. The van der Waals surface area contributed by atoms with E-state index in [2.05, 4.69) is 47.1 Å². The molecule has 3 nitrogen and oxygen atoms in total. The Hall–Kier alpha value is -1.61. The number of allylic oxidation sites excluding steroid dienone is 1. The zero-order chi connectivity index (χ0) is 19.0. The van der Waals surface area contributed by atoms with E-state index < -0.39 is 0 Å². The number of carbonyl (C=O) groups excluding carboxylic acids is 1. The molecule has 0 N–H and O–H groups in total. The second kappa shape index (κ2) is 7.79. The molecule has 0 radical (unpaired) electrons. The van der Waals surface area contributed by atoms with Crippen molar-refractivity contribution in [3.8, 4) is 0 Å². The number of fused-ring (bicyclic) bond motifs is 1. The van der Waals surface area contributed by atoms with Gasteiger partial charge < -0.3 is 9.80 Å². The predicted molar refractivity (Wildman–Crippen MR) is 111 cm³/mol. The van der Waals surface area contributed by atoms with Gasteiger partial charge in [-0.05, 0) is 61.8 Å². The largest absolute Gasteiger partial charge is 0.342 e. The van der Waals surface area contributed by atoms with Crippen molar-refractivity contribution in [2.24, 2.45) is 17.8 Å². The van der Waals surface area contributed by atoms with Crippen LogP contribution in [0.25, 0.3) is 5.57 Å². The Morgan fingerprint density at radius 3 is 2.63 bits per heavy atom. The third-order valence-electron chi connectivity index (χ3n) is 6.95. The minimum atomic E-state index is 0.105. The number of hydrogen-bond acceptors (Lipinski definition) is 2. The molecule has 4 rings (SSSR count). The minimum absolute atomic E-state index is 0.105. The highest BCUT2D eigenvalue weighted by atomic mass is 16.2. The first-order valence-electron chi connectivity index (χ1n) is 10.8. The molecule has 0 spiro atoms. The van der Waals surface area contributed by atoms with Crippen LogP contribution >= 0.6 is 0 Å². The highest BCUT2D eigenvalue weighted by Gasteiger charge is 2.40. The topological polar surface area (TPSA) is 23.6 Å². The van der Waals surface area contributed by atoms with E-state index in [4.69, 9.17) is 0 Å². The average molecular weight is 367 g/mol. The summed E-state index contributed by atoms with van der Waals surface area (Å²) >= 11 is 0. The Labute approximate surface area is 164 Å². The molecule has 1 aromatic carbocycles. The monoisotopic (exact) mass is 366 g/mol. The molecule has 146 valence electrons. The zero-order valence-corrected chi connectivity index (χ0v) is 17.2. The molecule has 2 saturated heterocycles. The standard InChI is InChI=1S/C24H34N2O/c1-17(2)24(27)26-15-21-10-11-22(23(21)16-26)20-8-6-19(7-9-20)12-14-25-13-4-5-18(25)3/h6-9,11,17-18,21,23H,4-5,10,12-16H2,1-3H3/t18?,21-,23+/m1/s1. The summed E-state index contributed by atoms with van der Waals surface area (Å²) < 4.78 is 0. The summed E-state index contributed by atoms with van der Waals surface area (Å²) in [6, 6.07) is 10.0. The molecular weight excluding hydrogens is 332 g/mol. The van der Waals surface area contributed by atoms with Crippen LogP contribution < -0.4 is 0 Å². The van der Waals surface area contributed by atoms with Crippen molar-refractivity contribution in [2.45, 2.75) is 52.5 Å². The molecule has 0 bridgehead atoms. The molecule has 3 heteroatoms. The fourth-order valence-corrected chi connectivity index (χ4v) is 5.23. The lowest BCUT2D eigenvalue weighted by atomic mass is 9.90. The fourth-order valence-electron chi connectivity index (χ4n) is 5.23. The second-order valence-electron chi connectivity index (χ2n) is 9.13. The Bertz CT molecular complexity index is 706. The lowest BCUT2D eigenvalue weighted by molar-refractivity contribution is -0.133. The summed E-state index contributed by atoms with van der Waals surface area (Å²) in [5, 5.41) is 0. The zero-order valence-electron chi connectivity index (χ0n) is 17.2. The van der Waals surface area contributed by atoms with Crippen molar-refractivity contribution in [1.29, 1.82) is 0 Å². The quantitative estimate of drug-likeness (QED) is 0.778. The number of likely N-dealkylation sites (tertiary alicyclic amines) is 2. The number of carbonyl (C=O) groups is 1. The number of amides is 1. The first-order valence-corrected chi connectivity index (χ1v) is 10.8. The lowest BCUT2D eigenvalue weighted by Crippen LogP contribution is -2.32. The van der Waals surface area contributed by atoms with E-state index in [9.17, 15) is 4.79 Å². The van der Waals surface area contributed by atoms with Crippen LogP contribution in [0.15, 0.2) is 30.3 Å². The molecule has 0 saturated carbocycles. The summed E-state index contributed by atoms with van der Waals surface area (Å²) in [6.07, 6.45) is 7.40. The number of nitrogens with zero attached hydrogens (tertiary/aromatic N) is 2. The summed E-state index contributed by atoms with van der Waals surface area (Å²) in [4.78, 5) is 17.1. The van der Waals surface area contributed by atoms with Crippen LogP contribution in [0, 0.1) is 17.8 Å². The predicted octanol–water partition coefficient (Wildman–Crippen LogP) is 4.23. The lowest BCUT2D eigenvalue weighted by Gasteiger charge is -2.21. The number of hydrogen-bond donors (Lipinski definition) is 0. The molecule has 1 aromatic rings. The van der Waals surface area contributed by atoms with Crippen LogP contribution in [-0.2, 0) is 11.2 Å². The van der Waals surface area contributed by atoms with Gasteiger partial charge in [-0.3, -0.25) is 4.79 Å². The maximum Gasteiger partial charge on any atom is 0.225 e. The number of rotatable bonds is 5. The van der Waals surface area contributed by atoms with Crippen molar-refractivity contribution < 1.29 is 4.79 Å². The first-order chi connectivity index (χ1) is 13.0. The molecular formula is C24H34N2O.